The minimum Gasteiger partial charge on any atom is -0.493 e. The zero-order valence-corrected chi connectivity index (χ0v) is 19.6. The highest BCUT2D eigenvalue weighted by molar-refractivity contribution is 7.80. The van der Waals surface area contributed by atoms with Gasteiger partial charge in [-0.1, -0.05) is 40.9 Å². The summed E-state index contributed by atoms with van der Waals surface area (Å²) in [7, 11) is 1.47. The van der Waals surface area contributed by atoms with Gasteiger partial charge in [-0.15, -0.1) is 0 Å². The lowest BCUT2D eigenvalue weighted by atomic mass is 10.2. The van der Waals surface area contributed by atoms with Crippen LogP contribution in [0.3, 0.4) is 0 Å². The van der Waals surface area contributed by atoms with Crippen LogP contribution in [0.2, 0.25) is 15.1 Å². The predicted molar refractivity (Wildman–Crippen MR) is 133 cm³/mol. The number of benzene rings is 3. The molecule has 0 amide bonds. The summed E-state index contributed by atoms with van der Waals surface area (Å²) in [6.45, 7) is 0. The number of thiocarbonyl (C=S) groups is 1. The first kappa shape index (κ1) is 23.8. The first-order valence-corrected chi connectivity index (χ1v) is 10.6. The van der Waals surface area contributed by atoms with E-state index in [2.05, 4.69) is 15.8 Å². The SMILES string of the molecule is COc1cc(/C=N\NC(=S)Nc2cccc(Cl)c2)ccc1OC(=O)c1ccc(Cl)c(Cl)c1. The maximum atomic E-state index is 12.4. The Morgan fingerprint density at radius 2 is 1.81 bits per heavy atom. The van der Waals surface area contributed by atoms with E-state index in [-0.39, 0.29) is 16.3 Å². The van der Waals surface area contributed by atoms with Crippen LogP contribution in [-0.2, 0) is 0 Å². The fraction of sp³-hybridized carbons (Fsp3) is 0.0455. The fourth-order valence-corrected chi connectivity index (χ4v) is 3.18. The maximum absolute atomic E-state index is 12.4. The van der Waals surface area contributed by atoms with Crippen molar-refractivity contribution in [2.45, 2.75) is 0 Å². The lowest BCUT2D eigenvalue weighted by molar-refractivity contribution is 0.0729. The topological polar surface area (TPSA) is 71.9 Å². The molecule has 0 saturated carbocycles. The van der Waals surface area contributed by atoms with Gasteiger partial charge in [-0.3, -0.25) is 5.43 Å². The lowest BCUT2D eigenvalue weighted by Crippen LogP contribution is -2.23. The summed E-state index contributed by atoms with van der Waals surface area (Å²) < 4.78 is 10.7. The van der Waals surface area contributed by atoms with Crippen LogP contribution in [0.4, 0.5) is 5.69 Å². The first-order valence-electron chi connectivity index (χ1n) is 9.06. The fourth-order valence-electron chi connectivity index (χ4n) is 2.52. The van der Waals surface area contributed by atoms with E-state index in [0.717, 1.165) is 5.69 Å². The predicted octanol–water partition coefficient (Wildman–Crippen LogP) is 6.20. The third-order valence-electron chi connectivity index (χ3n) is 4.01. The van der Waals surface area contributed by atoms with E-state index in [4.69, 9.17) is 56.5 Å². The summed E-state index contributed by atoms with van der Waals surface area (Å²) >= 11 is 23.0. The number of hydrogen-bond donors (Lipinski definition) is 2. The van der Waals surface area contributed by atoms with Gasteiger partial charge in [-0.05, 0) is 72.4 Å². The molecule has 0 bridgehead atoms. The average molecular weight is 509 g/mol. The number of nitrogens with one attached hydrogen (secondary N) is 2. The van der Waals surface area contributed by atoms with E-state index in [0.29, 0.717) is 26.5 Å². The molecule has 6 nitrogen and oxygen atoms in total. The molecular formula is C22H16Cl3N3O3S. The van der Waals surface area contributed by atoms with Crippen LogP contribution in [0.25, 0.3) is 0 Å². The van der Waals surface area contributed by atoms with E-state index in [1.807, 2.05) is 6.07 Å². The molecule has 0 aliphatic rings. The van der Waals surface area contributed by atoms with E-state index >= 15 is 0 Å². The molecule has 3 aromatic rings. The Balaban J connectivity index is 1.63. The van der Waals surface area contributed by atoms with Crippen molar-refractivity contribution < 1.29 is 14.3 Å². The molecule has 0 atom stereocenters. The Hall–Kier alpha value is -2.84. The van der Waals surface area contributed by atoms with Crippen molar-refractivity contribution in [3.8, 4) is 11.5 Å². The number of carbonyl (C=O) groups excluding carboxylic acids is 1. The van der Waals surface area contributed by atoms with E-state index in [9.17, 15) is 4.79 Å². The molecule has 0 unspecified atom stereocenters. The summed E-state index contributed by atoms with van der Waals surface area (Å²) in [6.07, 6.45) is 1.54. The molecular weight excluding hydrogens is 493 g/mol. The number of carbonyl (C=O) groups is 1. The molecule has 0 spiro atoms. The van der Waals surface area contributed by atoms with Crippen molar-refractivity contribution >= 4 is 70.0 Å². The number of halogens is 3. The lowest BCUT2D eigenvalue weighted by Gasteiger charge is -2.10. The summed E-state index contributed by atoms with van der Waals surface area (Å²) in [5.41, 5.74) is 4.40. The highest BCUT2D eigenvalue weighted by atomic mass is 35.5. The molecule has 0 fully saturated rings. The molecule has 0 aromatic heterocycles. The van der Waals surface area contributed by atoms with Gasteiger partial charge >= 0.3 is 5.97 Å². The van der Waals surface area contributed by atoms with Gasteiger partial charge in [0.05, 0.1) is 28.9 Å². The number of anilines is 1. The standard InChI is InChI=1S/C22H16Cl3N3O3S/c1-30-20-9-13(12-26-28-22(32)27-16-4-2-3-15(23)11-16)5-8-19(20)31-21(29)14-6-7-17(24)18(25)10-14/h2-12H,1H3,(H2,27,28,32)/b26-12-. The second kappa shape index (κ2) is 11.2. The molecule has 0 heterocycles. The van der Waals surface area contributed by atoms with Crippen molar-refractivity contribution in [1.29, 1.82) is 0 Å². The van der Waals surface area contributed by atoms with Gasteiger partial charge in [0, 0.05) is 10.7 Å². The molecule has 2 N–H and O–H groups in total. The minimum atomic E-state index is -0.595. The van der Waals surface area contributed by atoms with Gasteiger partial charge in [-0.25, -0.2) is 4.79 Å². The number of esters is 1. The highest BCUT2D eigenvalue weighted by Crippen LogP contribution is 2.29. The van der Waals surface area contributed by atoms with E-state index in [1.54, 1.807) is 42.6 Å². The quantitative estimate of drug-likeness (QED) is 0.136. The van der Waals surface area contributed by atoms with E-state index < -0.39 is 5.97 Å². The van der Waals surface area contributed by atoms with Crippen LogP contribution < -0.4 is 20.2 Å². The number of methoxy groups -OCH3 is 1. The molecule has 10 heteroatoms. The third kappa shape index (κ3) is 6.58. The molecule has 32 heavy (non-hydrogen) atoms. The molecule has 3 aromatic carbocycles. The number of hydrogen-bond acceptors (Lipinski definition) is 5. The number of rotatable bonds is 6. The summed E-state index contributed by atoms with van der Waals surface area (Å²) in [5, 5.41) is 8.55. The third-order valence-corrected chi connectivity index (χ3v) is 5.18. The van der Waals surface area contributed by atoms with Crippen molar-refractivity contribution in [3.05, 3.63) is 86.9 Å². The molecule has 0 aliphatic heterocycles. The Labute approximate surface area is 205 Å². The zero-order valence-electron chi connectivity index (χ0n) is 16.6. The van der Waals surface area contributed by atoms with Gasteiger partial charge in [0.25, 0.3) is 0 Å². The van der Waals surface area contributed by atoms with Gasteiger partial charge in [0.1, 0.15) is 0 Å². The Morgan fingerprint density at radius 3 is 2.53 bits per heavy atom. The second-order valence-corrected chi connectivity index (χ2v) is 7.92. The minimum absolute atomic E-state index is 0.242. The second-order valence-electron chi connectivity index (χ2n) is 6.26. The molecule has 0 radical (unpaired) electrons. The van der Waals surface area contributed by atoms with Crippen molar-refractivity contribution in [2.24, 2.45) is 5.10 Å². The van der Waals surface area contributed by atoms with Crippen LogP contribution >= 0.6 is 47.0 Å². The summed E-state index contributed by atoms with van der Waals surface area (Å²) in [6, 6.07) is 16.6. The Kier molecular flexibility index (Phi) is 8.30. The molecule has 3 rings (SSSR count). The van der Waals surface area contributed by atoms with Crippen LogP contribution in [0.5, 0.6) is 11.5 Å². The smallest absolute Gasteiger partial charge is 0.343 e. The number of nitrogens with zero attached hydrogens (tertiary/aromatic N) is 1. The van der Waals surface area contributed by atoms with Crippen molar-refractivity contribution in [1.82, 2.24) is 5.43 Å². The number of ether oxygens (including phenoxy) is 2. The molecule has 164 valence electrons. The van der Waals surface area contributed by atoms with Gasteiger partial charge in [0.15, 0.2) is 16.6 Å². The summed E-state index contributed by atoms with van der Waals surface area (Å²) in [4.78, 5) is 12.4. The average Bonchev–Trinajstić information content (AvgIpc) is 2.76. The van der Waals surface area contributed by atoms with Gasteiger partial charge in [0.2, 0.25) is 0 Å². The normalized spacial score (nSPS) is 10.6. The van der Waals surface area contributed by atoms with E-state index in [1.165, 1.54) is 25.3 Å². The van der Waals surface area contributed by atoms with Gasteiger partial charge in [-0.2, -0.15) is 5.10 Å². The zero-order chi connectivity index (χ0) is 23.1. The number of hydrazone groups is 1. The maximum Gasteiger partial charge on any atom is 0.343 e. The summed E-state index contributed by atoms with van der Waals surface area (Å²) in [5.74, 6) is -0.00352. The Bertz CT molecular complexity index is 1190. The van der Waals surface area contributed by atoms with Crippen molar-refractivity contribution in [3.63, 3.8) is 0 Å². The Morgan fingerprint density at radius 1 is 1.00 bits per heavy atom. The molecule has 0 aliphatic carbocycles. The van der Waals surface area contributed by atoms with Gasteiger partial charge < -0.3 is 14.8 Å². The highest BCUT2D eigenvalue weighted by Gasteiger charge is 2.14. The molecule has 0 saturated heterocycles. The van der Waals surface area contributed by atoms with Crippen LogP contribution in [0, 0.1) is 0 Å². The largest absolute Gasteiger partial charge is 0.493 e. The van der Waals surface area contributed by atoms with Crippen LogP contribution in [-0.4, -0.2) is 24.4 Å². The van der Waals surface area contributed by atoms with Crippen LogP contribution in [0.15, 0.2) is 65.8 Å². The van der Waals surface area contributed by atoms with Crippen molar-refractivity contribution in [2.75, 3.05) is 12.4 Å². The first-order chi connectivity index (χ1) is 15.4. The monoisotopic (exact) mass is 507 g/mol. The van der Waals surface area contributed by atoms with Crippen LogP contribution in [0.1, 0.15) is 15.9 Å².